The van der Waals surface area contributed by atoms with Crippen molar-refractivity contribution >= 4 is 16.3 Å². The summed E-state index contributed by atoms with van der Waals surface area (Å²) in [6.07, 6.45) is 1.06. The second-order valence-corrected chi connectivity index (χ2v) is 3.95. The lowest BCUT2D eigenvalue weighted by Crippen LogP contribution is -1.91. The van der Waals surface area contributed by atoms with Crippen LogP contribution in [-0.4, -0.2) is 0 Å². The van der Waals surface area contributed by atoms with Crippen LogP contribution in [0.2, 0.25) is 0 Å². The number of allylic oxidation sites excluding steroid dienone is 1. The summed E-state index contributed by atoms with van der Waals surface area (Å²) in [6.45, 7) is 8.36. The van der Waals surface area contributed by atoms with Gasteiger partial charge >= 0.3 is 0 Å². The molecular formula is C15H16. The zero-order valence-electron chi connectivity index (χ0n) is 9.38. The number of hydrogen-bond acceptors (Lipinski definition) is 0. The lowest BCUT2D eigenvalue weighted by molar-refractivity contribution is 1.14. The summed E-state index contributed by atoms with van der Waals surface area (Å²) in [7, 11) is 0. The van der Waals surface area contributed by atoms with Crippen LogP contribution in [-0.2, 0) is 6.42 Å². The van der Waals surface area contributed by atoms with E-state index >= 15 is 0 Å². The fraction of sp³-hybridized carbons (Fsp3) is 0.200. The van der Waals surface area contributed by atoms with E-state index in [9.17, 15) is 0 Å². The van der Waals surface area contributed by atoms with E-state index < -0.39 is 0 Å². The fourth-order valence-corrected chi connectivity index (χ4v) is 2.12. The molecule has 0 atom stereocenters. The van der Waals surface area contributed by atoms with E-state index in [0.29, 0.717) is 0 Å². The second kappa shape index (κ2) is 3.90. The molecule has 0 bridgehead atoms. The molecule has 76 valence electrons. The van der Waals surface area contributed by atoms with E-state index in [2.05, 4.69) is 56.8 Å². The Labute approximate surface area is 91.2 Å². The molecule has 0 saturated carbocycles. The maximum absolute atomic E-state index is 4.08. The summed E-state index contributed by atoms with van der Waals surface area (Å²) in [6, 6.07) is 12.9. The number of benzene rings is 2. The second-order valence-electron chi connectivity index (χ2n) is 3.95. The van der Waals surface area contributed by atoms with Crippen LogP contribution in [0.15, 0.2) is 43.0 Å². The maximum Gasteiger partial charge on any atom is -0.0106 e. The summed E-state index contributed by atoms with van der Waals surface area (Å²) in [5.41, 5.74) is 3.88. The fourth-order valence-electron chi connectivity index (χ4n) is 2.12. The van der Waals surface area contributed by atoms with Crippen molar-refractivity contribution in [3.8, 4) is 0 Å². The molecule has 0 aliphatic heterocycles. The van der Waals surface area contributed by atoms with E-state index in [1.54, 1.807) is 0 Å². The minimum absolute atomic E-state index is 1.06. The molecule has 0 radical (unpaired) electrons. The smallest absolute Gasteiger partial charge is 0.0106 e. The van der Waals surface area contributed by atoms with E-state index in [4.69, 9.17) is 0 Å². The van der Waals surface area contributed by atoms with Gasteiger partial charge in [0, 0.05) is 0 Å². The highest BCUT2D eigenvalue weighted by Gasteiger charge is 2.05. The highest BCUT2D eigenvalue weighted by molar-refractivity contribution is 5.94. The lowest BCUT2D eigenvalue weighted by Gasteiger charge is -2.11. The normalized spacial score (nSPS) is 10.5. The van der Waals surface area contributed by atoms with Crippen molar-refractivity contribution < 1.29 is 0 Å². The highest BCUT2D eigenvalue weighted by Crippen LogP contribution is 2.27. The Kier molecular flexibility index (Phi) is 2.59. The van der Waals surface area contributed by atoms with Crippen LogP contribution in [0.4, 0.5) is 0 Å². The Morgan fingerprint density at radius 1 is 1.13 bits per heavy atom. The van der Waals surface area contributed by atoms with Gasteiger partial charge in [-0.15, -0.1) is 0 Å². The largest absolute Gasteiger partial charge is 0.0955 e. The quantitative estimate of drug-likeness (QED) is 0.666. The molecule has 2 aromatic carbocycles. The molecule has 0 unspecified atom stereocenters. The van der Waals surface area contributed by atoms with Gasteiger partial charge in [0.1, 0.15) is 0 Å². The van der Waals surface area contributed by atoms with Gasteiger partial charge in [0.15, 0.2) is 0 Å². The third kappa shape index (κ3) is 1.68. The molecule has 0 heterocycles. The summed E-state index contributed by atoms with van der Waals surface area (Å²) in [4.78, 5) is 0. The van der Waals surface area contributed by atoms with Crippen molar-refractivity contribution in [2.24, 2.45) is 0 Å². The van der Waals surface area contributed by atoms with Gasteiger partial charge in [-0.1, -0.05) is 55.5 Å². The van der Waals surface area contributed by atoms with Crippen LogP contribution in [0, 0.1) is 0 Å². The third-order valence-corrected chi connectivity index (χ3v) is 2.82. The first kappa shape index (κ1) is 9.97. The van der Waals surface area contributed by atoms with Gasteiger partial charge in [-0.3, -0.25) is 0 Å². The van der Waals surface area contributed by atoms with Crippen molar-refractivity contribution in [1.29, 1.82) is 0 Å². The predicted octanol–water partition coefficient (Wildman–Crippen LogP) is 4.44. The molecule has 0 aliphatic carbocycles. The Morgan fingerprint density at radius 3 is 2.53 bits per heavy atom. The molecule has 0 N–H and O–H groups in total. The average Bonchev–Trinajstić information content (AvgIpc) is 2.27. The van der Waals surface area contributed by atoms with Gasteiger partial charge < -0.3 is 0 Å². The summed E-state index contributed by atoms with van der Waals surface area (Å²) < 4.78 is 0. The first-order valence-electron chi connectivity index (χ1n) is 5.40. The SMILES string of the molecule is C=C(C)c1c(CC)ccc2ccccc12. The number of hydrogen-bond donors (Lipinski definition) is 0. The number of rotatable bonds is 2. The van der Waals surface area contributed by atoms with Gasteiger partial charge in [0.05, 0.1) is 0 Å². The monoisotopic (exact) mass is 196 g/mol. The van der Waals surface area contributed by atoms with Crippen molar-refractivity contribution in [3.05, 3.63) is 54.1 Å². The third-order valence-electron chi connectivity index (χ3n) is 2.82. The zero-order chi connectivity index (χ0) is 10.8. The van der Waals surface area contributed by atoms with Gasteiger partial charge in [0.25, 0.3) is 0 Å². The van der Waals surface area contributed by atoms with E-state index in [1.165, 1.54) is 21.9 Å². The van der Waals surface area contributed by atoms with Crippen LogP contribution in [0.25, 0.3) is 16.3 Å². The van der Waals surface area contributed by atoms with Crippen LogP contribution in [0.5, 0.6) is 0 Å². The highest BCUT2D eigenvalue weighted by atomic mass is 14.1. The average molecular weight is 196 g/mol. The Bertz CT molecular complexity index is 506. The minimum Gasteiger partial charge on any atom is -0.0955 e. The molecular weight excluding hydrogens is 180 g/mol. The molecule has 2 rings (SSSR count). The molecule has 0 spiro atoms. The zero-order valence-corrected chi connectivity index (χ0v) is 9.38. The van der Waals surface area contributed by atoms with Crippen LogP contribution in [0.3, 0.4) is 0 Å². The van der Waals surface area contributed by atoms with Crippen molar-refractivity contribution in [2.45, 2.75) is 20.3 Å². The maximum atomic E-state index is 4.08. The van der Waals surface area contributed by atoms with Gasteiger partial charge in [-0.05, 0) is 35.2 Å². The van der Waals surface area contributed by atoms with E-state index in [-0.39, 0.29) is 0 Å². The standard InChI is InChI=1S/C15H16/c1-4-12-9-10-13-7-5-6-8-14(13)15(12)11(2)3/h5-10H,2,4H2,1,3H3. The Balaban J connectivity index is 2.85. The molecule has 0 saturated heterocycles. The molecule has 0 heteroatoms. The van der Waals surface area contributed by atoms with E-state index in [1.807, 2.05) is 0 Å². The van der Waals surface area contributed by atoms with Crippen LogP contribution >= 0.6 is 0 Å². The molecule has 2 aromatic rings. The van der Waals surface area contributed by atoms with Gasteiger partial charge in [0.2, 0.25) is 0 Å². The molecule has 0 fully saturated rings. The first-order valence-corrected chi connectivity index (χ1v) is 5.40. The predicted molar refractivity (Wildman–Crippen MR) is 68.0 cm³/mol. The molecule has 0 nitrogen and oxygen atoms in total. The number of aryl methyl sites for hydroxylation is 1. The van der Waals surface area contributed by atoms with Crippen molar-refractivity contribution in [1.82, 2.24) is 0 Å². The number of fused-ring (bicyclic) bond motifs is 1. The van der Waals surface area contributed by atoms with Crippen molar-refractivity contribution in [3.63, 3.8) is 0 Å². The van der Waals surface area contributed by atoms with Gasteiger partial charge in [-0.25, -0.2) is 0 Å². The van der Waals surface area contributed by atoms with E-state index in [0.717, 1.165) is 12.0 Å². The Hall–Kier alpha value is -1.56. The molecule has 0 amide bonds. The summed E-state index contributed by atoms with van der Waals surface area (Å²) >= 11 is 0. The lowest BCUT2D eigenvalue weighted by atomic mass is 9.93. The Morgan fingerprint density at radius 2 is 1.87 bits per heavy atom. The molecule has 15 heavy (non-hydrogen) atoms. The molecule has 0 aliphatic rings. The van der Waals surface area contributed by atoms with Crippen molar-refractivity contribution in [2.75, 3.05) is 0 Å². The van der Waals surface area contributed by atoms with Crippen LogP contribution < -0.4 is 0 Å². The molecule has 0 aromatic heterocycles. The summed E-state index contributed by atoms with van der Waals surface area (Å²) in [5.74, 6) is 0. The van der Waals surface area contributed by atoms with Gasteiger partial charge in [-0.2, -0.15) is 0 Å². The minimum atomic E-state index is 1.06. The van der Waals surface area contributed by atoms with Crippen LogP contribution in [0.1, 0.15) is 25.0 Å². The summed E-state index contributed by atoms with van der Waals surface area (Å²) in [5, 5.41) is 2.62. The first-order chi connectivity index (χ1) is 7.24. The topological polar surface area (TPSA) is 0 Å².